The molecule has 1 N–H and O–H groups in total. The summed E-state index contributed by atoms with van der Waals surface area (Å²) in [7, 11) is 3.55. The van der Waals surface area contributed by atoms with Gasteiger partial charge in [0, 0.05) is 18.2 Å². The van der Waals surface area contributed by atoms with Crippen molar-refractivity contribution in [1.82, 2.24) is 9.88 Å². The molecule has 2 aromatic carbocycles. The first kappa shape index (κ1) is 25.6. The fourth-order valence-electron chi connectivity index (χ4n) is 4.56. The minimum Gasteiger partial charge on any atom is -0.485 e. The minimum atomic E-state index is -0.806. The van der Waals surface area contributed by atoms with E-state index in [4.69, 9.17) is 9.47 Å². The number of aromatic nitrogens is 1. The van der Waals surface area contributed by atoms with E-state index in [-0.39, 0.29) is 6.10 Å². The van der Waals surface area contributed by atoms with Crippen molar-refractivity contribution in [1.29, 1.82) is 0 Å². The van der Waals surface area contributed by atoms with Gasteiger partial charge in [0.05, 0.1) is 19.2 Å². The lowest BCUT2D eigenvalue weighted by molar-refractivity contribution is -0.141. The van der Waals surface area contributed by atoms with Crippen molar-refractivity contribution in [2.24, 2.45) is 5.92 Å². The second kappa shape index (κ2) is 11.1. The smallest absolute Gasteiger partial charge is 0.306 e. The van der Waals surface area contributed by atoms with Crippen LogP contribution in [0.4, 0.5) is 4.39 Å². The number of pyridine rings is 1. The average molecular weight is 493 g/mol. The molecule has 0 amide bonds. The molecule has 190 valence electrons. The second-order valence-electron chi connectivity index (χ2n) is 9.48. The third kappa shape index (κ3) is 5.68. The van der Waals surface area contributed by atoms with Crippen LogP contribution in [0.1, 0.15) is 48.6 Å². The SMILES string of the molecule is CCN(C)Cc1cc(C2CCc3ccc(CC(C)C(=O)O)cc3O2)ccc1-c1cc(OC)ncc1F. The number of hydrogen-bond donors (Lipinski definition) is 1. The van der Waals surface area contributed by atoms with Crippen LogP contribution in [-0.4, -0.2) is 41.7 Å². The van der Waals surface area contributed by atoms with Crippen molar-refractivity contribution in [2.75, 3.05) is 20.7 Å². The number of carboxylic acids is 1. The fraction of sp³-hybridized carbons (Fsp3) is 0.379. The maximum absolute atomic E-state index is 14.8. The number of hydrogen-bond acceptors (Lipinski definition) is 5. The first-order valence-corrected chi connectivity index (χ1v) is 12.3. The standard InChI is InChI=1S/C29H33FN2O4/c1-5-32(3)17-22-14-21(8-10-23(22)24-15-28(35-4)31-16-25(24)30)26-11-9-20-7-6-19(13-27(20)36-26)12-18(2)29(33)34/h6-8,10,13-16,18,26H,5,9,11-12,17H2,1-4H3,(H,33,34). The number of aliphatic carboxylic acids is 1. The molecule has 2 atom stereocenters. The molecule has 2 unspecified atom stereocenters. The van der Waals surface area contributed by atoms with E-state index in [1.165, 1.54) is 13.3 Å². The van der Waals surface area contributed by atoms with E-state index in [9.17, 15) is 14.3 Å². The number of halogens is 1. The first-order valence-electron chi connectivity index (χ1n) is 12.3. The highest BCUT2D eigenvalue weighted by Crippen LogP contribution is 2.38. The van der Waals surface area contributed by atoms with Crippen LogP contribution in [0.5, 0.6) is 11.6 Å². The van der Waals surface area contributed by atoms with Gasteiger partial charge in [-0.2, -0.15) is 0 Å². The molecule has 1 aliphatic heterocycles. The fourth-order valence-corrected chi connectivity index (χ4v) is 4.56. The van der Waals surface area contributed by atoms with Crippen LogP contribution in [0.15, 0.2) is 48.7 Å². The zero-order valence-corrected chi connectivity index (χ0v) is 21.3. The molecule has 0 saturated carbocycles. The van der Waals surface area contributed by atoms with Gasteiger partial charge in [0.1, 0.15) is 17.7 Å². The molecule has 0 saturated heterocycles. The molecule has 3 aromatic rings. The molecular weight excluding hydrogens is 459 g/mol. The van der Waals surface area contributed by atoms with Crippen molar-refractivity contribution < 1.29 is 23.8 Å². The van der Waals surface area contributed by atoms with E-state index in [0.717, 1.165) is 53.0 Å². The summed E-state index contributed by atoms with van der Waals surface area (Å²) in [5.74, 6) is -0.484. The Kier molecular flexibility index (Phi) is 7.89. The first-order chi connectivity index (χ1) is 17.3. The van der Waals surface area contributed by atoms with Gasteiger partial charge < -0.3 is 19.5 Å². The summed E-state index contributed by atoms with van der Waals surface area (Å²) in [6.45, 7) is 5.31. The predicted molar refractivity (Wildman–Crippen MR) is 137 cm³/mol. The maximum atomic E-state index is 14.8. The largest absolute Gasteiger partial charge is 0.485 e. The molecule has 2 heterocycles. The number of carboxylic acid groups (broad SMARTS) is 1. The molecule has 0 aliphatic carbocycles. The highest BCUT2D eigenvalue weighted by molar-refractivity contribution is 5.70. The lowest BCUT2D eigenvalue weighted by Gasteiger charge is -2.28. The summed E-state index contributed by atoms with van der Waals surface area (Å²) in [4.78, 5) is 17.4. The number of rotatable bonds is 9. The molecular formula is C29H33FN2O4. The van der Waals surface area contributed by atoms with Crippen LogP contribution in [0.2, 0.25) is 0 Å². The van der Waals surface area contributed by atoms with Gasteiger partial charge in [-0.05, 0) is 66.7 Å². The van der Waals surface area contributed by atoms with Gasteiger partial charge in [-0.15, -0.1) is 0 Å². The van der Waals surface area contributed by atoms with Crippen LogP contribution >= 0.6 is 0 Å². The molecule has 0 fully saturated rings. The zero-order valence-electron chi connectivity index (χ0n) is 21.3. The van der Waals surface area contributed by atoms with E-state index in [1.807, 2.05) is 37.4 Å². The van der Waals surface area contributed by atoms with E-state index in [2.05, 4.69) is 22.9 Å². The van der Waals surface area contributed by atoms with E-state index in [1.54, 1.807) is 13.0 Å². The Hall–Kier alpha value is -3.45. The molecule has 0 spiro atoms. The summed E-state index contributed by atoms with van der Waals surface area (Å²) < 4.78 is 26.5. The van der Waals surface area contributed by atoms with Crippen LogP contribution in [0.3, 0.4) is 0 Å². The Morgan fingerprint density at radius 2 is 2.06 bits per heavy atom. The lowest BCUT2D eigenvalue weighted by Crippen LogP contribution is -2.19. The number of nitrogens with zero attached hydrogens (tertiary/aromatic N) is 2. The molecule has 0 bridgehead atoms. The number of methoxy groups -OCH3 is 1. The second-order valence-corrected chi connectivity index (χ2v) is 9.48. The van der Waals surface area contributed by atoms with E-state index in [0.29, 0.717) is 24.4 Å². The summed E-state index contributed by atoms with van der Waals surface area (Å²) in [5.41, 5.74) is 5.38. The quantitative estimate of drug-likeness (QED) is 0.415. The molecule has 1 aromatic heterocycles. The number of aryl methyl sites for hydroxylation is 1. The predicted octanol–water partition coefficient (Wildman–Crippen LogP) is 5.68. The summed E-state index contributed by atoms with van der Waals surface area (Å²) in [6.07, 6.45) is 3.22. The topological polar surface area (TPSA) is 71.9 Å². The monoisotopic (exact) mass is 492 g/mol. The summed E-state index contributed by atoms with van der Waals surface area (Å²) in [5, 5.41) is 9.26. The normalized spacial score (nSPS) is 15.8. The molecule has 7 heteroatoms. The maximum Gasteiger partial charge on any atom is 0.306 e. The van der Waals surface area contributed by atoms with Crippen LogP contribution in [-0.2, 0) is 24.2 Å². The van der Waals surface area contributed by atoms with Gasteiger partial charge >= 0.3 is 5.97 Å². The van der Waals surface area contributed by atoms with Crippen molar-refractivity contribution in [3.8, 4) is 22.8 Å². The number of carbonyl (C=O) groups is 1. The highest BCUT2D eigenvalue weighted by atomic mass is 19.1. The average Bonchev–Trinajstić information content (AvgIpc) is 2.88. The molecule has 36 heavy (non-hydrogen) atoms. The third-order valence-corrected chi connectivity index (χ3v) is 6.85. The van der Waals surface area contributed by atoms with Crippen LogP contribution in [0.25, 0.3) is 11.1 Å². The number of ether oxygens (including phenoxy) is 2. The van der Waals surface area contributed by atoms with Crippen molar-refractivity contribution in [3.63, 3.8) is 0 Å². The molecule has 4 rings (SSSR count). The highest BCUT2D eigenvalue weighted by Gasteiger charge is 2.24. The van der Waals surface area contributed by atoms with Crippen molar-refractivity contribution >= 4 is 5.97 Å². The van der Waals surface area contributed by atoms with Gasteiger partial charge in [-0.1, -0.05) is 44.2 Å². The summed E-state index contributed by atoms with van der Waals surface area (Å²) >= 11 is 0. The van der Waals surface area contributed by atoms with Crippen LogP contribution in [0, 0.1) is 11.7 Å². The molecule has 0 radical (unpaired) electrons. The van der Waals surface area contributed by atoms with Gasteiger partial charge in [0.2, 0.25) is 5.88 Å². The zero-order chi connectivity index (χ0) is 25.8. The Morgan fingerprint density at radius 1 is 1.25 bits per heavy atom. The Labute approximate surface area is 211 Å². The van der Waals surface area contributed by atoms with E-state index < -0.39 is 17.7 Å². The molecule has 1 aliphatic rings. The van der Waals surface area contributed by atoms with Crippen molar-refractivity contribution in [2.45, 2.75) is 45.8 Å². The van der Waals surface area contributed by atoms with E-state index >= 15 is 0 Å². The Bertz CT molecular complexity index is 1250. The van der Waals surface area contributed by atoms with Gasteiger partial charge in [0.15, 0.2) is 0 Å². The van der Waals surface area contributed by atoms with Gasteiger partial charge in [0.25, 0.3) is 0 Å². The number of benzene rings is 2. The molecule has 6 nitrogen and oxygen atoms in total. The lowest BCUT2D eigenvalue weighted by atomic mass is 9.91. The van der Waals surface area contributed by atoms with Crippen molar-refractivity contribution in [3.05, 3.63) is 76.7 Å². The Balaban J connectivity index is 1.65. The number of fused-ring (bicyclic) bond motifs is 1. The van der Waals surface area contributed by atoms with Gasteiger partial charge in [-0.25, -0.2) is 9.37 Å². The van der Waals surface area contributed by atoms with Gasteiger partial charge in [-0.3, -0.25) is 4.79 Å². The minimum absolute atomic E-state index is 0.138. The van der Waals surface area contributed by atoms with Crippen LogP contribution < -0.4 is 9.47 Å². The third-order valence-electron chi connectivity index (χ3n) is 6.85. The summed E-state index contributed by atoms with van der Waals surface area (Å²) in [6, 6.07) is 13.7. The Morgan fingerprint density at radius 3 is 2.78 bits per heavy atom.